The average molecular weight is 456 g/mol. The summed E-state index contributed by atoms with van der Waals surface area (Å²) in [5.74, 6) is -0.473. The molecule has 1 aliphatic rings. The first-order valence-electron chi connectivity index (χ1n) is 9.82. The molecule has 0 fully saturated rings. The summed E-state index contributed by atoms with van der Waals surface area (Å²) in [5.41, 5.74) is 4.35. The lowest BCUT2D eigenvalue weighted by Crippen LogP contribution is -2.20. The van der Waals surface area contributed by atoms with E-state index >= 15 is 0 Å². The zero-order valence-corrected chi connectivity index (χ0v) is 17.9. The molecule has 2 nitrogen and oxygen atoms in total. The molecule has 30 heavy (non-hydrogen) atoms. The number of carbonyl (C=O) groups is 2. The Kier molecular flexibility index (Phi) is 6.20. The van der Waals surface area contributed by atoms with Crippen LogP contribution < -0.4 is 0 Å². The molecule has 1 atom stereocenters. The summed E-state index contributed by atoms with van der Waals surface area (Å²) >= 11 is 3.37. The molecule has 0 amide bonds. The molecule has 4 rings (SSSR count). The maximum Gasteiger partial charge on any atom is 0.170 e. The summed E-state index contributed by atoms with van der Waals surface area (Å²) in [7, 11) is 0. The van der Waals surface area contributed by atoms with Crippen LogP contribution in [0, 0.1) is 12.3 Å². The van der Waals surface area contributed by atoms with Crippen LogP contribution in [0.1, 0.15) is 33.5 Å². The van der Waals surface area contributed by atoms with Crippen molar-refractivity contribution in [3.63, 3.8) is 0 Å². The average Bonchev–Trinajstić information content (AvgIpc) is 2.77. The van der Waals surface area contributed by atoms with Gasteiger partial charge in [0, 0.05) is 34.4 Å². The highest BCUT2D eigenvalue weighted by molar-refractivity contribution is 9.10. The molecule has 1 unspecified atom stereocenters. The lowest BCUT2D eigenvalue weighted by atomic mass is 9.84. The SMILES string of the molecule is O=C(CC1C=CC=C(c2ccc([CH]c3ccccc3)cc2)C1=O)c1ccc(Br)cc1. The van der Waals surface area contributed by atoms with Crippen molar-refractivity contribution in [3.8, 4) is 0 Å². The van der Waals surface area contributed by atoms with Crippen LogP contribution >= 0.6 is 15.9 Å². The Balaban J connectivity index is 1.45. The third-order valence-electron chi connectivity index (χ3n) is 5.13. The van der Waals surface area contributed by atoms with Gasteiger partial charge in [0.1, 0.15) is 0 Å². The molecule has 0 bridgehead atoms. The molecule has 3 heteroatoms. The van der Waals surface area contributed by atoms with Gasteiger partial charge >= 0.3 is 0 Å². The van der Waals surface area contributed by atoms with Gasteiger partial charge in [0.25, 0.3) is 0 Å². The number of allylic oxidation sites excluding steroid dienone is 4. The summed E-state index contributed by atoms with van der Waals surface area (Å²) in [6.07, 6.45) is 7.80. The maximum absolute atomic E-state index is 13.0. The molecule has 0 N–H and O–H groups in total. The van der Waals surface area contributed by atoms with E-state index in [2.05, 4.69) is 34.5 Å². The maximum atomic E-state index is 13.0. The van der Waals surface area contributed by atoms with E-state index in [4.69, 9.17) is 0 Å². The Labute approximate surface area is 185 Å². The number of ketones is 2. The number of carbonyl (C=O) groups excluding carboxylic acids is 2. The Morgan fingerprint density at radius 2 is 1.53 bits per heavy atom. The quantitative estimate of drug-likeness (QED) is 0.399. The fraction of sp³-hybridized carbons (Fsp3) is 0.0741. The summed E-state index contributed by atoms with van der Waals surface area (Å²) in [5, 5.41) is 0. The molecule has 0 aromatic heterocycles. The van der Waals surface area contributed by atoms with Gasteiger partial charge in [0.2, 0.25) is 0 Å². The lowest BCUT2D eigenvalue weighted by molar-refractivity contribution is -0.116. The van der Waals surface area contributed by atoms with Gasteiger partial charge in [-0.25, -0.2) is 0 Å². The fourth-order valence-corrected chi connectivity index (χ4v) is 3.77. The molecule has 3 aromatic rings. The largest absolute Gasteiger partial charge is 0.294 e. The van der Waals surface area contributed by atoms with E-state index in [0.29, 0.717) is 11.1 Å². The van der Waals surface area contributed by atoms with E-state index in [-0.39, 0.29) is 18.0 Å². The number of rotatable bonds is 6. The van der Waals surface area contributed by atoms with Crippen LogP contribution in [0.5, 0.6) is 0 Å². The summed E-state index contributed by atoms with van der Waals surface area (Å²) < 4.78 is 0.922. The van der Waals surface area contributed by atoms with Gasteiger partial charge in [-0.3, -0.25) is 9.59 Å². The third kappa shape index (κ3) is 4.74. The van der Waals surface area contributed by atoms with Crippen molar-refractivity contribution in [2.45, 2.75) is 6.42 Å². The first-order chi connectivity index (χ1) is 14.6. The predicted octanol–water partition coefficient (Wildman–Crippen LogP) is 6.46. The van der Waals surface area contributed by atoms with Crippen molar-refractivity contribution in [2.24, 2.45) is 5.92 Å². The van der Waals surface area contributed by atoms with Gasteiger partial charge in [-0.15, -0.1) is 0 Å². The highest BCUT2D eigenvalue weighted by Gasteiger charge is 2.25. The molecule has 0 saturated carbocycles. The van der Waals surface area contributed by atoms with Gasteiger partial charge in [0.15, 0.2) is 11.6 Å². The number of benzene rings is 3. The van der Waals surface area contributed by atoms with E-state index in [1.807, 2.05) is 72.8 Å². The second-order valence-electron chi connectivity index (χ2n) is 7.25. The molecule has 0 aliphatic heterocycles. The normalized spacial score (nSPS) is 15.7. The van der Waals surface area contributed by atoms with Crippen LogP contribution in [-0.4, -0.2) is 11.6 Å². The summed E-state index contributed by atoms with van der Waals surface area (Å²) in [6, 6.07) is 25.3. The van der Waals surface area contributed by atoms with Gasteiger partial charge in [-0.05, 0) is 28.8 Å². The summed E-state index contributed by atoms with van der Waals surface area (Å²) in [6.45, 7) is 0. The smallest absolute Gasteiger partial charge is 0.170 e. The fourth-order valence-electron chi connectivity index (χ4n) is 3.51. The molecule has 0 spiro atoms. The molecule has 147 valence electrons. The number of Topliss-reactive ketones (excluding diaryl/α,β-unsaturated/α-hetero) is 2. The van der Waals surface area contributed by atoms with Crippen molar-refractivity contribution >= 4 is 33.1 Å². The highest BCUT2D eigenvalue weighted by Crippen LogP contribution is 2.28. The highest BCUT2D eigenvalue weighted by atomic mass is 79.9. The van der Waals surface area contributed by atoms with E-state index in [1.54, 1.807) is 12.1 Å². The molecular formula is C27H20BrO2. The van der Waals surface area contributed by atoms with E-state index in [1.165, 1.54) is 0 Å². The van der Waals surface area contributed by atoms with E-state index in [9.17, 15) is 9.59 Å². The number of hydrogen-bond donors (Lipinski definition) is 0. The minimum Gasteiger partial charge on any atom is -0.294 e. The van der Waals surface area contributed by atoms with Crippen molar-refractivity contribution in [1.82, 2.24) is 0 Å². The van der Waals surface area contributed by atoms with Crippen molar-refractivity contribution in [3.05, 3.63) is 130 Å². The number of halogens is 1. The van der Waals surface area contributed by atoms with Crippen LogP contribution in [0.25, 0.3) is 5.57 Å². The molecule has 1 aliphatic carbocycles. The molecule has 0 heterocycles. The van der Waals surface area contributed by atoms with Gasteiger partial charge in [-0.2, -0.15) is 0 Å². The van der Waals surface area contributed by atoms with Crippen LogP contribution in [0.4, 0.5) is 0 Å². The van der Waals surface area contributed by atoms with Crippen molar-refractivity contribution < 1.29 is 9.59 Å². The lowest BCUT2D eigenvalue weighted by Gasteiger charge is -2.17. The molecule has 1 radical (unpaired) electrons. The molecule has 3 aromatic carbocycles. The van der Waals surface area contributed by atoms with Crippen LogP contribution in [0.15, 0.2) is 102 Å². The topological polar surface area (TPSA) is 34.1 Å². The van der Waals surface area contributed by atoms with Gasteiger partial charge < -0.3 is 0 Å². The zero-order valence-electron chi connectivity index (χ0n) is 16.3. The number of hydrogen-bond acceptors (Lipinski definition) is 2. The monoisotopic (exact) mass is 455 g/mol. The van der Waals surface area contributed by atoms with E-state index in [0.717, 1.165) is 21.2 Å². The molecule has 0 saturated heterocycles. The standard InChI is InChI=1S/C27H20BrO2/c28-24-15-13-22(14-16-24)26(29)18-23-7-4-8-25(27(23)30)21-11-9-20(10-12-21)17-19-5-2-1-3-6-19/h1-17,23H,18H2. The Bertz CT molecular complexity index is 1110. The van der Waals surface area contributed by atoms with Crippen LogP contribution in [0.2, 0.25) is 0 Å². The second-order valence-corrected chi connectivity index (χ2v) is 8.16. The Morgan fingerprint density at radius 3 is 2.23 bits per heavy atom. The summed E-state index contributed by atoms with van der Waals surface area (Å²) in [4.78, 5) is 25.6. The minimum atomic E-state index is -0.434. The minimum absolute atomic E-state index is 0.0113. The van der Waals surface area contributed by atoms with Gasteiger partial charge in [0.05, 0.1) is 0 Å². The van der Waals surface area contributed by atoms with E-state index < -0.39 is 5.92 Å². The predicted molar refractivity (Wildman–Crippen MR) is 124 cm³/mol. The second kappa shape index (κ2) is 9.19. The van der Waals surface area contributed by atoms with Crippen LogP contribution in [0.3, 0.4) is 0 Å². The third-order valence-corrected chi connectivity index (χ3v) is 5.66. The van der Waals surface area contributed by atoms with Crippen LogP contribution in [-0.2, 0) is 4.79 Å². The van der Waals surface area contributed by atoms with Gasteiger partial charge in [-0.1, -0.05) is 101 Å². The van der Waals surface area contributed by atoms with Crippen molar-refractivity contribution in [1.29, 1.82) is 0 Å². The first-order valence-corrected chi connectivity index (χ1v) is 10.6. The first kappa shape index (κ1) is 20.2. The molecular weight excluding hydrogens is 436 g/mol. The Morgan fingerprint density at radius 1 is 0.867 bits per heavy atom. The van der Waals surface area contributed by atoms with Crippen molar-refractivity contribution in [2.75, 3.05) is 0 Å². The Hall–Kier alpha value is -3.04. The zero-order chi connectivity index (χ0) is 20.9.